The molecule has 0 unspecified atom stereocenters. The predicted octanol–water partition coefficient (Wildman–Crippen LogP) is 10.3. The number of hydrogen-bond donors (Lipinski definition) is 8. The number of pyridine rings is 2. The number of nitrogens with zero attached hydrogens (tertiary/aromatic N) is 7. The number of aryl methyl sites for hydroxylation is 2. The van der Waals surface area contributed by atoms with Crippen molar-refractivity contribution in [3.63, 3.8) is 0 Å². The first-order valence-corrected chi connectivity index (χ1v) is 34.8. The van der Waals surface area contributed by atoms with E-state index in [0.717, 1.165) is 93.6 Å². The minimum Gasteiger partial charge on any atom is -0.444 e. The van der Waals surface area contributed by atoms with Crippen LogP contribution in [0, 0.1) is 11.8 Å². The summed E-state index contributed by atoms with van der Waals surface area (Å²) in [5.74, 6) is -1.16. The van der Waals surface area contributed by atoms with Crippen molar-refractivity contribution in [1.29, 1.82) is 0 Å². The van der Waals surface area contributed by atoms with E-state index in [0.29, 0.717) is 80.4 Å². The molecule has 558 valence electrons. The smallest absolute Gasteiger partial charge is 0.413 e. The molecule has 1 aliphatic heterocycles. The van der Waals surface area contributed by atoms with Crippen LogP contribution in [-0.2, 0) is 80.2 Å². The third-order valence-electron chi connectivity index (χ3n) is 16.1. The summed E-state index contributed by atoms with van der Waals surface area (Å²) in [5.41, 5.74) is 15.9. The number of carbonyl (C=O) groups excluding carboxylic acids is 9. The number of alkyl carbamates (subject to hydrolysis) is 2. The van der Waals surface area contributed by atoms with E-state index in [9.17, 15) is 43.2 Å². The van der Waals surface area contributed by atoms with Crippen molar-refractivity contribution >= 4 is 115 Å². The Bertz CT molecular complexity index is 4080. The lowest BCUT2D eigenvalue weighted by Gasteiger charge is -2.24. The summed E-state index contributed by atoms with van der Waals surface area (Å²) in [6, 6.07) is 20.5. The van der Waals surface area contributed by atoms with Crippen LogP contribution >= 0.6 is 0 Å². The number of para-hydroxylation sites is 2. The molecule has 8 rings (SSSR count). The zero-order valence-electron chi connectivity index (χ0n) is 60.2. The van der Waals surface area contributed by atoms with E-state index in [1.807, 2.05) is 63.2 Å². The number of nitrogens with two attached hydrogens (primary N) is 2. The quantitative estimate of drug-likeness (QED) is 0.0104. The first-order valence-electron chi connectivity index (χ1n) is 34.8. The first-order chi connectivity index (χ1) is 48.6. The fraction of sp³-hybridized carbons (Fsp3) is 0.500. The summed E-state index contributed by atoms with van der Waals surface area (Å²) in [6.07, 6.45) is 6.13. The van der Waals surface area contributed by atoms with E-state index in [1.165, 1.54) is 0 Å². The van der Waals surface area contributed by atoms with Crippen molar-refractivity contribution < 1.29 is 66.8 Å². The monoisotopic (exact) mass is 1430 g/mol. The summed E-state index contributed by atoms with van der Waals surface area (Å²) >= 11 is 0. The minimum atomic E-state index is -0.955. The van der Waals surface area contributed by atoms with Gasteiger partial charge in [-0.15, -0.1) is 0 Å². The number of imide groups is 1. The Balaban J connectivity index is 0.000000432. The zero-order valence-corrected chi connectivity index (χ0v) is 60.2. The number of imidazole rings is 2. The summed E-state index contributed by atoms with van der Waals surface area (Å²) in [6.45, 7) is 21.8. The van der Waals surface area contributed by atoms with Crippen molar-refractivity contribution in [2.75, 3.05) is 69.0 Å². The second-order valence-electron chi connectivity index (χ2n) is 26.9. The molecular weight excluding hydrogens is 1320 g/mol. The van der Waals surface area contributed by atoms with Crippen molar-refractivity contribution in [2.24, 2.45) is 17.6 Å². The van der Waals surface area contributed by atoms with Gasteiger partial charge in [0.25, 0.3) is 11.8 Å². The van der Waals surface area contributed by atoms with Gasteiger partial charge in [-0.25, -0.2) is 39.1 Å². The molecule has 4 aromatic heterocycles. The lowest BCUT2D eigenvalue weighted by atomic mass is 9.89. The van der Waals surface area contributed by atoms with Crippen molar-refractivity contribution in [2.45, 2.75) is 178 Å². The fourth-order valence-corrected chi connectivity index (χ4v) is 11.2. The lowest BCUT2D eigenvalue weighted by molar-refractivity contribution is -0.137. The number of ketones is 1. The molecule has 3 aromatic carbocycles. The summed E-state index contributed by atoms with van der Waals surface area (Å²) in [7, 11) is 0. The number of ether oxygens (including phenoxy) is 5. The number of amides is 9. The van der Waals surface area contributed by atoms with Crippen LogP contribution in [0.3, 0.4) is 0 Å². The molecule has 0 spiro atoms. The number of fused-ring (bicyclic) bond motifs is 6. The molecule has 29 heteroatoms. The molecule has 5 heterocycles. The molecule has 0 aliphatic carbocycles. The van der Waals surface area contributed by atoms with Crippen LogP contribution in [0.4, 0.5) is 36.5 Å². The third kappa shape index (κ3) is 25.0. The number of primary amides is 1. The molecule has 0 saturated heterocycles. The van der Waals surface area contributed by atoms with Crippen molar-refractivity contribution in [1.82, 2.24) is 55.2 Å². The Hall–Kier alpha value is -10.3. The van der Waals surface area contributed by atoms with E-state index in [1.54, 1.807) is 58.9 Å². The lowest BCUT2D eigenvalue weighted by Crippen LogP contribution is -2.46. The maximum atomic E-state index is 13.7. The van der Waals surface area contributed by atoms with Gasteiger partial charge < -0.3 is 70.9 Å². The molecule has 0 radical (unpaired) electrons. The molecular formula is C74H103N15O14. The van der Waals surface area contributed by atoms with E-state index >= 15 is 0 Å². The summed E-state index contributed by atoms with van der Waals surface area (Å²) in [5, 5.41) is 18.1. The van der Waals surface area contributed by atoms with E-state index < -0.39 is 76.9 Å². The van der Waals surface area contributed by atoms with Crippen LogP contribution in [-0.4, -0.2) is 158 Å². The molecule has 0 fully saturated rings. The number of nitrogen functional groups attached to an aromatic ring is 1. The molecule has 1 aliphatic rings. The standard InChI is InChI=1S/C50H66N10O11.C23H33N5O3.CH4/c1-7-8-15-38-56-43-44(59(38)26-28-69-27-24-53-48(67)71-50(4,5)6)35-13-9-10-14-36(35)55-45(43)58-49(68)70-30-32-16-18-34(19-17-32)54-46(65)33(12-11-23-52-47(51)66)29-37(61)42(31(2)3)57-39(62)22-25-60-40(63)20-21-41(60)64;1-5-6-11-18-27-19-20(16-9-7-8-10-17(16)26-21(19)24)28(18)13-15-30-14-12-25-22(29)31-23(2,3)4;/h9-10,13-14,16-21,31,33,42H,7-8,11-12,15,22-30H2,1-6H3,(H,53,67)(H,54,65)(H,57,62)(H3,51,52,66)(H,55,58,68);7-10H,5-6,11-15H2,1-4H3,(H2,24,26)(H,25,29);1H4/t33-,42+;;/m0../s1. The number of anilines is 3. The van der Waals surface area contributed by atoms with Crippen LogP contribution < -0.4 is 43.4 Å². The minimum absolute atomic E-state index is 0. The number of aromatic nitrogens is 6. The van der Waals surface area contributed by atoms with E-state index in [4.69, 9.17) is 50.1 Å². The van der Waals surface area contributed by atoms with Gasteiger partial charge in [0.1, 0.15) is 40.5 Å². The maximum absolute atomic E-state index is 13.7. The Morgan fingerprint density at radius 2 is 1.13 bits per heavy atom. The molecule has 0 bridgehead atoms. The van der Waals surface area contributed by atoms with Gasteiger partial charge in [0, 0.05) is 99.5 Å². The van der Waals surface area contributed by atoms with Crippen LogP contribution in [0.1, 0.15) is 145 Å². The number of hydrogen-bond acceptors (Lipinski definition) is 19. The first kappa shape index (κ1) is 81.7. The number of urea groups is 1. The van der Waals surface area contributed by atoms with Gasteiger partial charge in [-0.1, -0.05) is 96.5 Å². The summed E-state index contributed by atoms with van der Waals surface area (Å²) in [4.78, 5) is 133. The van der Waals surface area contributed by atoms with Crippen LogP contribution in [0.5, 0.6) is 0 Å². The van der Waals surface area contributed by atoms with E-state index in [-0.39, 0.29) is 71.3 Å². The third-order valence-corrected chi connectivity index (χ3v) is 16.1. The molecule has 103 heavy (non-hydrogen) atoms. The Kier molecular flexibility index (Phi) is 31.1. The molecule has 9 amide bonds. The van der Waals surface area contributed by atoms with Gasteiger partial charge >= 0.3 is 24.3 Å². The van der Waals surface area contributed by atoms with Gasteiger partial charge in [0.05, 0.1) is 54.5 Å². The number of carbonyl (C=O) groups is 9. The SMILES string of the molecule is C.CCCCc1nc2c(N)nc3ccccc3c2n1CCOCCNC(=O)OC(C)(C)C.CCCCc1nc2c(NC(=O)OCc3ccc(NC(=O)[C@@H](CCCNC(N)=O)CC(=O)[C@H](NC(=O)CCN4C(=O)C=CC4=O)C(C)C)cc3)nc3ccccc3c2n1CCOCCNC(=O)OC(C)(C)C. The molecule has 2 atom stereocenters. The normalized spacial score (nSPS) is 12.7. The van der Waals surface area contributed by atoms with Crippen molar-refractivity contribution in [3.8, 4) is 0 Å². The highest BCUT2D eigenvalue weighted by molar-refractivity contribution is 6.13. The number of Topliss-reactive ketones (excluding diaryl/α,β-unsaturated/α-hetero) is 1. The Morgan fingerprint density at radius 1 is 0.602 bits per heavy atom. The average molecular weight is 1430 g/mol. The van der Waals surface area contributed by atoms with Gasteiger partial charge in [-0.3, -0.25) is 34.2 Å². The number of nitrogens with one attached hydrogen (secondary N) is 6. The van der Waals surface area contributed by atoms with Gasteiger partial charge in [-0.2, -0.15) is 0 Å². The van der Waals surface area contributed by atoms with Crippen molar-refractivity contribution in [3.05, 3.63) is 102 Å². The second kappa shape index (κ2) is 39.2. The average Bonchev–Trinajstić information content (AvgIpc) is 1.65. The van der Waals surface area contributed by atoms with Crippen LogP contribution in [0.2, 0.25) is 0 Å². The van der Waals surface area contributed by atoms with Crippen LogP contribution in [0.15, 0.2) is 84.9 Å². The number of rotatable bonds is 35. The highest BCUT2D eigenvalue weighted by atomic mass is 16.6. The highest BCUT2D eigenvalue weighted by Crippen LogP contribution is 2.33. The highest BCUT2D eigenvalue weighted by Gasteiger charge is 2.31. The largest absolute Gasteiger partial charge is 0.444 e. The molecule has 0 saturated carbocycles. The second-order valence-corrected chi connectivity index (χ2v) is 26.9. The number of benzene rings is 3. The van der Waals surface area contributed by atoms with Gasteiger partial charge in [0.2, 0.25) is 11.8 Å². The Labute approximate surface area is 601 Å². The fourth-order valence-electron chi connectivity index (χ4n) is 11.2. The van der Waals surface area contributed by atoms with Gasteiger partial charge in [-0.05, 0) is 103 Å². The topological polar surface area (TPSA) is 389 Å². The van der Waals surface area contributed by atoms with E-state index in [2.05, 4.69) is 65.9 Å². The molecule has 10 N–H and O–H groups in total. The Morgan fingerprint density at radius 3 is 1.65 bits per heavy atom. The maximum Gasteiger partial charge on any atom is 0.413 e. The summed E-state index contributed by atoms with van der Waals surface area (Å²) < 4.78 is 32.1. The van der Waals surface area contributed by atoms with Gasteiger partial charge in [0.15, 0.2) is 17.4 Å². The molecule has 7 aromatic rings. The molecule has 29 nitrogen and oxygen atoms in total. The number of unbranched alkanes of at least 4 members (excludes halogenated alkanes) is 2. The predicted molar refractivity (Wildman–Crippen MR) is 395 cm³/mol. The van der Waals surface area contributed by atoms with Crippen LogP contribution in [0.25, 0.3) is 43.9 Å². The zero-order chi connectivity index (χ0) is 74.1.